The Morgan fingerprint density at radius 3 is 3.00 bits per heavy atom. The van der Waals surface area contributed by atoms with Crippen LogP contribution in [0.5, 0.6) is 0 Å². The van der Waals surface area contributed by atoms with Gasteiger partial charge in [0.15, 0.2) is 0 Å². The zero-order chi connectivity index (χ0) is 12.3. The van der Waals surface area contributed by atoms with E-state index in [1.165, 1.54) is 10.4 Å². The number of rotatable bonds is 5. The van der Waals surface area contributed by atoms with E-state index in [2.05, 4.69) is 23.2 Å². The minimum atomic E-state index is 0.227. The summed E-state index contributed by atoms with van der Waals surface area (Å²) >= 11 is 1.68. The van der Waals surface area contributed by atoms with Gasteiger partial charge in [0, 0.05) is 17.7 Å². The molecule has 0 bridgehead atoms. The highest BCUT2D eigenvalue weighted by Gasteiger charge is 2.14. The van der Waals surface area contributed by atoms with Crippen LogP contribution in [0.3, 0.4) is 0 Å². The van der Waals surface area contributed by atoms with Crippen LogP contribution in [0.25, 0.3) is 10.6 Å². The van der Waals surface area contributed by atoms with E-state index in [-0.39, 0.29) is 5.84 Å². The molecular formula is C12H16N4S. The first-order valence-electron chi connectivity index (χ1n) is 5.65. The van der Waals surface area contributed by atoms with Gasteiger partial charge in [-0.25, -0.2) is 0 Å². The lowest BCUT2D eigenvalue weighted by Crippen LogP contribution is -2.10. The second kappa shape index (κ2) is 5.14. The fourth-order valence-electron chi connectivity index (χ4n) is 1.84. The number of aromatic amines is 1. The molecule has 0 fully saturated rings. The van der Waals surface area contributed by atoms with Gasteiger partial charge >= 0.3 is 0 Å². The topological polar surface area (TPSA) is 78.5 Å². The van der Waals surface area contributed by atoms with E-state index < -0.39 is 0 Å². The Balaban J connectivity index is 2.32. The Morgan fingerprint density at radius 1 is 1.59 bits per heavy atom. The maximum Gasteiger partial charge on any atom is 0.105 e. The monoisotopic (exact) mass is 248 g/mol. The van der Waals surface area contributed by atoms with Crippen molar-refractivity contribution in [2.24, 2.45) is 5.73 Å². The lowest BCUT2D eigenvalue weighted by Gasteiger charge is -2.03. The Morgan fingerprint density at radius 2 is 2.41 bits per heavy atom. The van der Waals surface area contributed by atoms with Crippen LogP contribution in [0.1, 0.15) is 24.6 Å². The molecule has 0 aliphatic heterocycles. The lowest BCUT2D eigenvalue weighted by atomic mass is 10.0. The molecule has 2 heterocycles. The van der Waals surface area contributed by atoms with Gasteiger partial charge in [0.05, 0.1) is 10.7 Å². The van der Waals surface area contributed by atoms with Crippen molar-refractivity contribution in [3.63, 3.8) is 0 Å². The van der Waals surface area contributed by atoms with Crippen LogP contribution in [-0.2, 0) is 12.8 Å². The molecule has 4 nitrogen and oxygen atoms in total. The molecule has 2 rings (SSSR count). The van der Waals surface area contributed by atoms with Crippen molar-refractivity contribution in [1.82, 2.24) is 10.2 Å². The number of nitrogens with one attached hydrogen (secondary N) is 2. The fourth-order valence-corrected chi connectivity index (χ4v) is 2.58. The molecule has 0 saturated heterocycles. The average Bonchev–Trinajstić information content (AvgIpc) is 2.94. The van der Waals surface area contributed by atoms with Crippen molar-refractivity contribution in [2.75, 3.05) is 0 Å². The van der Waals surface area contributed by atoms with E-state index in [1.54, 1.807) is 11.3 Å². The van der Waals surface area contributed by atoms with Crippen molar-refractivity contribution in [1.29, 1.82) is 5.41 Å². The highest BCUT2D eigenvalue weighted by molar-refractivity contribution is 7.13. The van der Waals surface area contributed by atoms with Crippen LogP contribution in [0.2, 0.25) is 0 Å². The smallest absolute Gasteiger partial charge is 0.105 e. The SMILES string of the molecule is CCc1[nH]nc(-c2cccs2)c1CCC(=N)N. The number of H-pyrrole nitrogens is 1. The molecule has 4 N–H and O–H groups in total. The first kappa shape index (κ1) is 11.9. The van der Waals surface area contributed by atoms with Crippen LogP contribution < -0.4 is 5.73 Å². The van der Waals surface area contributed by atoms with Crippen LogP contribution in [0.15, 0.2) is 17.5 Å². The van der Waals surface area contributed by atoms with Crippen molar-refractivity contribution in [3.8, 4) is 10.6 Å². The minimum Gasteiger partial charge on any atom is -0.388 e. The van der Waals surface area contributed by atoms with Gasteiger partial charge in [0.2, 0.25) is 0 Å². The zero-order valence-corrected chi connectivity index (χ0v) is 10.6. The van der Waals surface area contributed by atoms with Gasteiger partial charge in [-0.2, -0.15) is 5.10 Å². The number of hydrogen-bond donors (Lipinski definition) is 3. The molecule has 0 amide bonds. The molecule has 0 unspecified atom stereocenters. The minimum absolute atomic E-state index is 0.227. The molecule has 0 atom stereocenters. The van der Waals surface area contributed by atoms with Gasteiger partial charge < -0.3 is 5.73 Å². The zero-order valence-electron chi connectivity index (χ0n) is 9.79. The van der Waals surface area contributed by atoms with E-state index in [0.29, 0.717) is 6.42 Å². The normalized spacial score (nSPS) is 10.6. The van der Waals surface area contributed by atoms with Crippen molar-refractivity contribution >= 4 is 17.2 Å². The maximum absolute atomic E-state index is 7.32. The van der Waals surface area contributed by atoms with Crippen LogP contribution in [0, 0.1) is 5.41 Å². The first-order valence-corrected chi connectivity index (χ1v) is 6.53. The second-order valence-electron chi connectivity index (χ2n) is 3.89. The molecule has 0 aromatic carbocycles. The predicted molar refractivity (Wildman–Crippen MR) is 71.5 cm³/mol. The first-order chi connectivity index (χ1) is 8.22. The number of amidine groups is 1. The summed E-state index contributed by atoms with van der Waals surface area (Å²) in [6.45, 7) is 2.10. The van der Waals surface area contributed by atoms with Crippen molar-refractivity contribution in [2.45, 2.75) is 26.2 Å². The molecule has 17 heavy (non-hydrogen) atoms. The summed E-state index contributed by atoms with van der Waals surface area (Å²) in [6, 6.07) is 4.09. The molecule has 0 aliphatic rings. The second-order valence-corrected chi connectivity index (χ2v) is 4.83. The third kappa shape index (κ3) is 2.55. The summed E-state index contributed by atoms with van der Waals surface area (Å²) in [5, 5.41) is 16.8. The summed E-state index contributed by atoms with van der Waals surface area (Å²) in [5.74, 6) is 0.227. The summed E-state index contributed by atoms with van der Waals surface area (Å²) in [6.07, 6.45) is 2.29. The number of thiophene rings is 1. The molecule has 2 aromatic heterocycles. The number of hydrogen-bond acceptors (Lipinski definition) is 3. The number of aromatic nitrogens is 2. The summed E-state index contributed by atoms with van der Waals surface area (Å²) in [5.41, 5.74) is 8.78. The molecule has 5 heteroatoms. The van der Waals surface area contributed by atoms with E-state index in [0.717, 1.165) is 24.2 Å². The van der Waals surface area contributed by atoms with E-state index in [9.17, 15) is 0 Å². The standard InChI is InChI=1S/C12H16N4S/c1-2-9-8(5-6-11(13)14)12(16-15-9)10-4-3-7-17-10/h3-4,7H,2,5-6H2,1H3,(H3,13,14)(H,15,16). The Kier molecular flexibility index (Phi) is 3.58. The van der Waals surface area contributed by atoms with Gasteiger partial charge in [-0.3, -0.25) is 10.5 Å². The molecule has 0 spiro atoms. The average molecular weight is 248 g/mol. The summed E-state index contributed by atoms with van der Waals surface area (Å²) in [7, 11) is 0. The Labute approximate surface area is 104 Å². The van der Waals surface area contributed by atoms with Gasteiger partial charge in [0.25, 0.3) is 0 Å². The summed E-state index contributed by atoms with van der Waals surface area (Å²) < 4.78 is 0. The van der Waals surface area contributed by atoms with Crippen LogP contribution in [0.4, 0.5) is 0 Å². The largest absolute Gasteiger partial charge is 0.388 e. The molecule has 90 valence electrons. The van der Waals surface area contributed by atoms with E-state index in [4.69, 9.17) is 11.1 Å². The van der Waals surface area contributed by atoms with Gasteiger partial charge in [0.1, 0.15) is 5.69 Å². The maximum atomic E-state index is 7.32. The van der Waals surface area contributed by atoms with Crippen molar-refractivity contribution < 1.29 is 0 Å². The third-order valence-corrected chi connectivity index (χ3v) is 3.58. The number of nitrogens with two attached hydrogens (primary N) is 1. The molecule has 2 aromatic rings. The molecule has 0 radical (unpaired) electrons. The quantitative estimate of drug-likeness (QED) is 0.561. The fraction of sp³-hybridized carbons (Fsp3) is 0.333. The number of aryl methyl sites for hydroxylation is 1. The van der Waals surface area contributed by atoms with Crippen LogP contribution >= 0.6 is 11.3 Å². The highest BCUT2D eigenvalue weighted by Crippen LogP contribution is 2.28. The number of nitrogens with zero attached hydrogens (tertiary/aromatic N) is 1. The highest BCUT2D eigenvalue weighted by atomic mass is 32.1. The predicted octanol–water partition coefficient (Wildman–Crippen LogP) is 2.57. The summed E-state index contributed by atoms with van der Waals surface area (Å²) in [4.78, 5) is 1.17. The van der Waals surface area contributed by atoms with E-state index in [1.807, 2.05) is 11.4 Å². The van der Waals surface area contributed by atoms with E-state index >= 15 is 0 Å². The third-order valence-electron chi connectivity index (χ3n) is 2.71. The lowest BCUT2D eigenvalue weighted by molar-refractivity contribution is 0.939. The van der Waals surface area contributed by atoms with Gasteiger partial charge in [-0.05, 0) is 24.3 Å². The molecule has 0 aliphatic carbocycles. The van der Waals surface area contributed by atoms with Crippen LogP contribution in [-0.4, -0.2) is 16.0 Å². The Hall–Kier alpha value is -1.62. The molecular weight excluding hydrogens is 232 g/mol. The van der Waals surface area contributed by atoms with Crippen molar-refractivity contribution in [3.05, 3.63) is 28.8 Å². The van der Waals surface area contributed by atoms with Gasteiger partial charge in [-0.1, -0.05) is 13.0 Å². The van der Waals surface area contributed by atoms with Gasteiger partial charge in [-0.15, -0.1) is 11.3 Å². The Bertz CT molecular complexity index is 499. The molecule has 0 saturated carbocycles.